The highest BCUT2D eigenvalue weighted by atomic mass is 35.5. The van der Waals surface area contributed by atoms with Crippen LogP contribution in [-0.4, -0.2) is 21.6 Å². The molecule has 11 heteroatoms. The predicted octanol–water partition coefficient (Wildman–Crippen LogP) is 6.23. The number of nitrogens with zero attached hydrogens (tertiary/aromatic N) is 3. The summed E-state index contributed by atoms with van der Waals surface area (Å²) in [6.07, 6.45) is -3.29. The van der Waals surface area contributed by atoms with Gasteiger partial charge in [-0.15, -0.1) is 6.58 Å². The van der Waals surface area contributed by atoms with E-state index >= 15 is 0 Å². The Morgan fingerprint density at radius 2 is 1.94 bits per heavy atom. The van der Waals surface area contributed by atoms with Gasteiger partial charge in [-0.3, -0.25) is 10.1 Å². The van der Waals surface area contributed by atoms with Crippen molar-refractivity contribution in [2.24, 2.45) is 4.99 Å². The Morgan fingerprint density at radius 3 is 2.58 bits per heavy atom. The van der Waals surface area contributed by atoms with Crippen LogP contribution in [0.2, 0.25) is 10.0 Å². The second kappa shape index (κ2) is 10.1. The molecule has 0 saturated carbocycles. The molecule has 2 aromatic carbocycles. The van der Waals surface area contributed by atoms with Crippen molar-refractivity contribution in [2.75, 3.05) is 5.32 Å². The van der Waals surface area contributed by atoms with Gasteiger partial charge in [-0.25, -0.2) is 4.68 Å². The standard InChI is InChI=1S/C22H18Cl2F3N5O/c1-3-7-32-19(12-18(31-32)22(25,26)27)29-21(28-17-9-13(2)8-16(24)11-17)30-20(33)14-5-4-6-15(23)10-14/h3-6,8-12H,1,7H2,2H3,(H2,28,29,30,33). The Bertz CT molecular complexity index is 1200. The number of hydrogen-bond donors (Lipinski definition) is 2. The summed E-state index contributed by atoms with van der Waals surface area (Å²) in [6.45, 7) is 5.31. The van der Waals surface area contributed by atoms with Crippen LogP contribution in [0.15, 0.2) is 66.2 Å². The SMILES string of the molecule is C=CCn1nc(C(F)(F)F)cc1N=C(NC(=O)c1cccc(Cl)c1)Nc1cc(C)cc(Cl)c1. The molecule has 0 aliphatic carbocycles. The van der Waals surface area contributed by atoms with Crippen molar-refractivity contribution in [1.29, 1.82) is 0 Å². The number of aromatic nitrogens is 2. The quantitative estimate of drug-likeness (QED) is 0.250. The van der Waals surface area contributed by atoms with Crippen LogP contribution in [0.5, 0.6) is 0 Å². The lowest BCUT2D eigenvalue weighted by molar-refractivity contribution is -0.141. The van der Waals surface area contributed by atoms with E-state index in [1.54, 1.807) is 30.3 Å². The van der Waals surface area contributed by atoms with Crippen molar-refractivity contribution in [1.82, 2.24) is 15.1 Å². The molecule has 172 valence electrons. The minimum absolute atomic E-state index is 0.0271. The number of alkyl halides is 3. The van der Waals surface area contributed by atoms with Gasteiger partial charge in [0.15, 0.2) is 11.5 Å². The van der Waals surface area contributed by atoms with Gasteiger partial charge in [0.2, 0.25) is 5.96 Å². The first kappa shape index (κ1) is 24.3. The monoisotopic (exact) mass is 495 g/mol. The molecule has 0 aliphatic rings. The molecular formula is C22H18Cl2F3N5O. The van der Waals surface area contributed by atoms with Gasteiger partial charge in [0.1, 0.15) is 0 Å². The summed E-state index contributed by atoms with van der Waals surface area (Å²) in [4.78, 5) is 17.0. The molecule has 0 fully saturated rings. The maximum atomic E-state index is 13.2. The molecule has 2 N–H and O–H groups in total. The molecule has 33 heavy (non-hydrogen) atoms. The number of carbonyl (C=O) groups is 1. The minimum Gasteiger partial charge on any atom is -0.326 e. The Morgan fingerprint density at radius 1 is 1.18 bits per heavy atom. The van der Waals surface area contributed by atoms with Gasteiger partial charge < -0.3 is 5.32 Å². The number of aliphatic imine (C=N–C) groups is 1. The summed E-state index contributed by atoms with van der Waals surface area (Å²) < 4.78 is 40.6. The highest BCUT2D eigenvalue weighted by Gasteiger charge is 2.35. The van der Waals surface area contributed by atoms with E-state index in [1.807, 2.05) is 6.92 Å². The molecule has 1 heterocycles. The first-order valence-corrected chi connectivity index (χ1v) is 10.3. The first-order chi connectivity index (χ1) is 15.5. The number of halogens is 5. The minimum atomic E-state index is -4.67. The smallest absolute Gasteiger partial charge is 0.326 e. The molecule has 6 nitrogen and oxygen atoms in total. The van der Waals surface area contributed by atoms with Gasteiger partial charge in [-0.1, -0.05) is 35.3 Å². The number of anilines is 1. The second-order valence-electron chi connectivity index (χ2n) is 6.92. The van der Waals surface area contributed by atoms with Gasteiger partial charge in [0.25, 0.3) is 5.91 Å². The van der Waals surface area contributed by atoms with E-state index in [9.17, 15) is 18.0 Å². The molecule has 1 aromatic heterocycles. The highest BCUT2D eigenvalue weighted by molar-refractivity contribution is 6.31. The third-order valence-corrected chi connectivity index (χ3v) is 4.65. The first-order valence-electron chi connectivity index (χ1n) is 9.51. The number of aryl methyl sites for hydroxylation is 1. The molecule has 0 spiro atoms. The summed E-state index contributed by atoms with van der Waals surface area (Å²) >= 11 is 12.1. The van der Waals surface area contributed by atoms with E-state index in [-0.39, 0.29) is 23.9 Å². The van der Waals surface area contributed by atoms with E-state index in [4.69, 9.17) is 23.2 Å². The second-order valence-corrected chi connectivity index (χ2v) is 7.80. The lowest BCUT2D eigenvalue weighted by Crippen LogP contribution is -2.36. The van der Waals surface area contributed by atoms with Gasteiger partial charge in [0, 0.05) is 27.4 Å². The Labute approximate surface area is 197 Å². The summed E-state index contributed by atoms with van der Waals surface area (Å²) in [6, 6.07) is 12.0. The highest BCUT2D eigenvalue weighted by Crippen LogP contribution is 2.31. The molecule has 0 bridgehead atoms. The van der Waals surface area contributed by atoms with Crippen LogP contribution < -0.4 is 10.6 Å². The number of nitrogens with one attached hydrogen (secondary N) is 2. The van der Waals surface area contributed by atoms with Crippen LogP contribution in [0.3, 0.4) is 0 Å². The van der Waals surface area contributed by atoms with Crippen LogP contribution in [-0.2, 0) is 12.7 Å². The molecular weight excluding hydrogens is 478 g/mol. The molecule has 0 saturated heterocycles. The Balaban J connectivity index is 2.04. The Hall–Kier alpha value is -3.30. The third-order valence-electron chi connectivity index (χ3n) is 4.20. The number of carbonyl (C=O) groups excluding carboxylic acids is 1. The summed E-state index contributed by atoms with van der Waals surface area (Å²) in [5.74, 6) is -0.858. The number of benzene rings is 2. The van der Waals surface area contributed by atoms with Gasteiger partial charge in [-0.2, -0.15) is 23.3 Å². The molecule has 3 aromatic rings. The van der Waals surface area contributed by atoms with Crippen LogP contribution in [0, 0.1) is 6.92 Å². The van der Waals surface area contributed by atoms with Gasteiger partial charge in [0.05, 0.1) is 6.54 Å². The summed E-state index contributed by atoms with van der Waals surface area (Å²) in [7, 11) is 0. The van der Waals surface area contributed by atoms with E-state index in [0.29, 0.717) is 15.7 Å². The number of rotatable bonds is 5. The van der Waals surface area contributed by atoms with Gasteiger partial charge in [-0.05, 0) is 48.9 Å². The number of hydrogen-bond acceptors (Lipinski definition) is 3. The van der Waals surface area contributed by atoms with E-state index in [1.165, 1.54) is 18.2 Å². The van der Waals surface area contributed by atoms with E-state index < -0.39 is 17.8 Å². The zero-order chi connectivity index (χ0) is 24.2. The lowest BCUT2D eigenvalue weighted by atomic mass is 10.2. The molecule has 1 amide bonds. The molecule has 0 aliphatic heterocycles. The van der Waals surface area contributed by atoms with Crippen molar-refractivity contribution >= 4 is 46.6 Å². The lowest BCUT2D eigenvalue weighted by Gasteiger charge is -2.13. The van der Waals surface area contributed by atoms with Crippen molar-refractivity contribution in [3.8, 4) is 0 Å². The fraction of sp³-hybridized carbons (Fsp3) is 0.136. The zero-order valence-corrected chi connectivity index (χ0v) is 18.8. The maximum Gasteiger partial charge on any atom is 0.435 e. The largest absolute Gasteiger partial charge is 0.435 e. The predicted molar refractivity (Wildman–Crippen MR) is 123 cm³/mol. The molecule has 0 atom stereocenters. The number of amides is 1. The van der Waals surface area contributed by atoms with E-state index in [2.05, 4.69) is 27.3 Å². The Kier molecular flexibility index (Phi) is 7.45. The fourth-order valence-electron chi connectivity index (χ4n) is 2.85. The normalized spacial score (nSPS) is 11.9. The molecule has 0 radical (unpaired) electrons. The number of allylic oxidation sites excluding steroid dienone is 1. The number of guanidine groups is 1. The molecule has 3 rings (SSSR count). The average Bonchev–Trinajstić information content (AvgIpc) is 3.10. The van der Waals surface area contributed by atoms with Crippen LogP contribution in [0.1, 0.15) is 21.6 Å². The van der Waals surface area contributed by atoms with Crippen LogP contribution >= 0.6 is 23.2 Å². The third kappa shape index (κ3) is 6.59. The zero-order valence-electron chi connectivity index (χ0n) is 17.3. The summed E-state index contributed by atoms with van der Waals surface area (Å²) in [5.41, 5.74) is 0.398. The van der Waals surface area contributed by atoms with Crippen LogP contribution in [0.4, 0.5) is 24.7 Å². The topological polar surface area (TPSA) is 71.3 Å². The van der Waals surface area contributed by atoms with Crippen molar-refractivity contribution in [3.63, 3.8) is 0 Å². The van der Waals surface area contributed by atoms with Crippen molar-refractivity contribution in [2.45, 2.75) is 19.6 Å². The summed E-state index contributed by atoms with van der Waals surface area (Å²) in [5, 5.41) is 9.77. The maximum absolute atomic E-state index is 13.2. The van der Waals surface area contributed by atoms with Crippen molar-refractivity contribution < 1.29 is 18.0 Å². The molecule has 0 unspecified atom stereocenters. The fourth-order valence-corrected chi connectivity index (χ4v) is 3.33. The van der Waals surface area contributed by atoms with Crippen molar-refractivity contribution in [3.05, 3.63) is 88.1 Å². The van der Waals surface area contributed by atoms with Gasteiger partial charge >= 0.3 is 6.18 Å². The average molecular weight is 496 g/mol. The van der Waals surface area contributed by atoms with E-state index in [0.717, 1.165) is 16.3 Å². The van der Waals surface area contributed by atoms with Crippen LogP contribution in [0.25, 0.3) is 0 Å².